The first-order chi connectivity index (χ1) is 6.83. The number of nitrogens with zero attached hydrogens (tertiary/aromatic N) is 2. The van der Waals surface area contributed by atoms with Crippen LogP contribution in [-0.4, -0.2) is 17.0 Å². The highest BCUT2D eigenvalue weighted by atomic mass is 15.0. The minimum absolute atomic E-state index is 0.638. The maximum Gasteiger partial charge on any atom is 0.134 e. The van der Waals surface area contributed by atoms with Crippen LogP contribution in [0.4, 0.5) is 5.82 Å². The fraction of sp³-hybridized carbons (Fsp3) is 0.636. The van der Waals surface area contributed by atoms with Gasteiger partial charge in [-0.25, -0.2) is 9.97 Å². The summed E-state index contributed by atoms with van der Waals surface area (Å²) in [6.07, 6.45) is 4.72. The van der Waals surface area contributed by atoms with E-state index >= 15 is 0 Å². The highest BCUT2D eigenvalue weighted by Crippen LogP contribution is 2.38. The Bertz CT molecular complexity index is 318. The minimum atomic E-state index is 0.638. The fourth-order valence-electron chi connectivity index (χ4n) is 1.55. The van der Waals surface area contributed by atoms with Crippen molar-refractivity contribution in [1.82, 2.24) is 9.97 Å². The number of nitrogens with one attached hydrogen (secondary N) is 1. The van der Waals surface area contributed by atoms with E-state index in [1.54, 1.807) is 0 Å². The van der Waals surface area contributed by atoms with Crippen molar-refractivity contribution in [3.05, 3.63) is 17.6 Å². The summed E-state index contributed by atoms with van der Waals surface area (Å²) in [5.74, 6) is 2.64. The Morgan fingerprint density at radius 3 is 2.79 bits per heavy atom. The van der Waals surface area contributed by atoms with Gasteiger partial charge in [-0.2, -0.15) is 0 Å². The number of rotatable bonds is 4. The first-order valence-electron chi connectivity index (χ1n) is 5.39. The van der Waals surface area contributed by atoms with Gasteiger partial charge in [0.05, 0.1) is 0 Å². The fourth-order valence-corrected chi connectivity index (χ4v) is 1.55. The smallest absolute Gasteiger partial charge is 0.134 e. The van der Waals surface area contributed by atoms with E-state index in [9.17, 15) is 0 Å². The predicted molar refractivity (Wildman–Crippen MR) is 57.5 cm³/mol. The van der Waals surface area contributed by atoms with Crippen LogP contribution in [0.1, 0.15) is 43.6 Å². The Morgan fingerprint density at radius 2 is 2.21 bits per heavy atom. The molecule has 0 aliphatic heterocycles. The van der Waals surface area contributed by atoms with E-state index in [0.717, 1.165) is 24.5 Å². The molecule has 0 radical (unpaired) electrons. The van der Waals surface area contributed by atoms with Crippen molar-refractivity contribution in [1.29, 1.82) is 0 Å². The van der Waals surface area contributed by atoms with Crippen LogP contribution in [0.2, 0.25) is 0 Å². The second kappa shape index (κ2) is 3.95. The largest absolute Gasteiger partial charge is 0.373 e. The third-order valence-electron chi connectivity index (χ3n) is 2.50. The molecular formula is C11H17N3. The maximum absolute atomic E-state index is 4.58. The molecule has 0 amide bonds. The van der Waals surface area contributed by atoms with Crippen LogP contribution >= 0.6 is 0 Å². The van der Waals surface area contributed by atoms with Gasteiger partial charge in [-0.3, -0.25) is 0 Å². The molecule has 0 saturated heterocycles. The Labute approximate surface area is 85.0 Å². The molecule has 3 nitrogen and oxygen atoms in total. The van der Waals surface area contributed by atoms with Crippen molar-refractivity contribution in [2.75, 3.05) is 12.4 Å². The summed E-state index contributed by atoms with van der Waals surface area (Å²) in [7, 11) is 1.91. The third kappa shape index (κ3) is 2.03. The quantitative estimate of drug-likeness (QED) is 0.793. The SMILES string of the molecule is CCCc1cc(NC)nc(C2CC2)n1. The number of aryl methyl sites for hydroxylation is 1. The molecule has 1 aliphatic rings. The lowest BCUT2D eigenvalue weighted by molar-refractivity contribution is 0.830. The van der Waals surface area contributed by atoms with Crippen molar-refractivity contribution in [2.24, 2.45) is 0 Å². The average Bonchev–Trinajstić information content (AvgIpc) is 3.01. The summed E-state index contributed by atoms with van der Waals surface area (Å²) in [5, 5.41) is 3.10. The molecule has 76 valence electrons. The molecule has 1 N–H and O–H groups in total. The van der Waals surface area contributed by atoms with Gasteiger partial charge < -0.3 is 5.32 Å². The van der Waals surface area contributed by atoms with Crippen molar-refractivity contribution in [3.63, 3.8) is 0 Å². The lowest BCUT2D eigenvalue weighted by atomic mass is 10.2. The molecule has 1 fully saturated rings. The molecule has 3 heteroatoms. The van der Waals surface area contributed by atoms with Crippen LogP contribution in [0.25, 0.3) is 0 Å². The van der Waals surface area contributed by atoms with Gasteiger partial charge in [0.2, 0.25) is 0 Å². The zero-order valence-electron chi connectivity index (χ0n) is 8.88. The van der Waals surface area contributed by atoms with E-state index in [2.05, 4.69) is 28.3 Å². The molecule has 2 rings (SSSR count). The first-order valence-corrected chi connectivity index (χ1v) is 5.39. The standard InChI is InChI=1S/C11H17N3/c1-3-4-9-7-10(12-2)14-11(13-9)8-5-6-8/h7-8H,3-6H2,1-2H3,(H,12,13,14). The van der Waals surface area contributed by atoms with Gasteiger partial charge >= 0.3 is 0 Å². The Hall–Kier alpha value is -1.12. The van der Waals surface area contributed by atoms with E-state index in [4.69, 9.17) is 0 Å². The first kappa shape index (κ1) is 9.44. The van der Waals surface area contributed by atoms with E-state index in [1.165, 1.54) is 18.5 Å². The molecule has 1 aliphatic carbocycles. The molecule has 0 atom stereocenters. The molecule has 0 spiro atoms. The van der Waals surface area contributed by atoms with Gasteiger partial charge in [0.15, 0.2) is 0 Å². The molecule has 1 saturated carbocycles. The molecule has 0 unspecified atom stereocenters. The second-order valence-corrected chi connectivity index (χ2v) is 3.88. The van der Waals surface area contributed by atoms with Crippen molar-refractivity contribution >= 4 is 5.82 Å². The molecule has 14 heavy (non-hydrogen) atoms. The van der Waals surface area contributed by atoms with Gasteiger partial charge in [-0.1, -0.05) is 13.3 Å². The van der Waals surface area contributed by atoms with Gasteiger partial charge in [0.25, 0.3) is 0 Å². The number of anilines is 1. The molecule has 1 aromatic heterocycles. The molecule has 1 aromatic rings. The zero-order chi connectivity index (χ0) is 9.97. The second-order valence-electron chi connectivity index (χ2n) is 3.88. The van der Waals surface area contributed by atoms with Crippen LogP contribution in [0.3, 0.4) is 0 Å². The number of hydrogen-bond donors (Lipinski definition) is 1. The Balaban J connectivity index is 2.26. The Kier molecular flexibility index (Phi) is 2.66. The van der Waals surface area contributed by atoms with Crippen LogP contribution in [0, 0.1) is 0 Å². The van der Waals surface area contributed by atoms with E-state index < -0.39 is 0 Å². The monoisotopic (exact) mass is 191 g/mol. The highest BCUT2D eigenvalue weighted by molar-refractivity contribution is 5.36. The van der Waals surface area contributed by atoms with E-state index in [1.807, 2.05) is 7.05 Å². The van der Waals surface area contributed by atoms with Gasteiger partial charge in [0.1, 0.15) is 11.6 Å². The number of aromatic nitrogens is 2. The topological polar surface area (TPSA) is 37.8 Å². The summed E-state index contributed by atoms with van der Waals surface area (Å²) in [4.78, 5) is 9.06. The molecule has 0 bridgehead atoms. The van der Waals surface area contributed by atoms with Gasteiger partial charge in [-0.15, -0.1) is 0 Å². The summed E-state index contributed by atoms with van der Waals surface area (Å²) < 4.78 is 0. The van der Waals surface area contributed by atoms with Crippen LogP contribution < -0.4 is 5.32 Å². The lowest BCUT2D eigenvalue weighted by Gasteiger charge is -2.06. The molecule has 0 aromatic carbocycles. The van der Waals surface area contributed by atoms with Crippen molar-refractivity contribution < 1.29 is 0 Å². The van der Waals surface area contributed by atoms with E-state index in [-0.39, 0.29) is 0 Å². The average molecular weight is 191 g/mol. The normalized spacial score (nSPS) is 15.6. The highest BCUT2D eigenvalue weighted by Gasteiger charge is 2.27. The lowest BCUT2D eigenvalue weighted by Crippen LogP contribution is -2.02. The Morgan fingerprint density at radius 1 is 1.43 bits per heavy atom. The maximum atomic E-state index is 4.58. The van der Waals surface area contributed by atoms with Gasteiger partial charge in [-0.05, 0) is 19.3 Å². The predicted octanol–water partition coefficient (Wildman–Crippen LogP) is 2.35. The van der Waals surface area contributed by atoms with Gasteiger partial charge in [0, 0.05) is 24.7 Å². The van der Waals surface area contributed by atoms with Crippen molar-refractivity contribution in [2.45, 2.75) is 38.5 Å². The van der Waals surface area contributed by atoms with E-state index in [0.29, 0.717) is 5.92 Å². The molecular weight excluding hydrogens is 174 g/mol. The third-order valence-corrected chi connectivity index (χ3v) is 2.50. The summed E-state index contributed by atoms with van der Waals surface area (Å²) in [6, 6.07) is 2.05. The zero-order valence-corrected chi connectivity index (χ0v) is 8.88. The summed E-state index contributed by atoms with van der Waals surface area (Å²) in [6.45, 7) is 2.18. The van der Waals surface area contributed by atoms with Crippen molar-refractivity contribution in [3.8, 4) is 0 Å². The minimum Gasteiger partial charge on any atom is -0.373 e. The number of hydrogen-bond acceptors (Lipinski definition) is 3. The van der Waals surface area contributed by atoms with Crippen LogP contribution in [-0.2, 0) is 6.42 Å². The summed E-state index contributed by atoms with van der Waals surface area (Å²) >= 11 is 0. The summed E-state index contributed by atoms with van der Waals surface area (Å²) in [5.41, 5.74) is 1.17. The van der Waals surface area contributed by atoms with Crippen LogP contribution in [0.5, 0.6) is 0 Å². The van der Waals surface area contributed by atoms with Crippen LogP contribution in [0.15, 0.2) is 6.07 Å². The molecule has 1 heterocycles.